The van der Waals surface area contributed by atoms with E-state index in [4.69, 9.17) is 0 Å². The quantitative estimate of drug-likeness (QED) is 0.868. The van der Waals surface area contributed by atoms with Gasteiger partial charge in [-0.05, 0) is 43.0 Å². The Morgan fingerprint density at radius 3 is 2.22 bits per heavy atom. The first-order valence-electron chi connectivity index (χ1n) is 8.45. The van der Waals surface area contributed by atoms with Crippen molar-refractivity contribution in [1.29, 1.82) is 0 Å². The van der Waals surface area contributed by atoms with Crippen molar-refractivity contribution >= 4 is 11.6 Å². The van der Waals surface area contributed by atoms with Crippen molar-refractivity contribution in [3.63, 3.8) is 0 Å². The average Bonchev–Trinajstić information content (AvgIpc) is 3.09. The van der Waals surface area contributed by atoms with Crippen molar-refractivity contribution in [3.8, 4) is 11.1 Å². The number of nitrogens with one attached hydrogen (secondary N) is 2. The zero-order valence-corrected chi connectivity index (χ0v) is 13.6. The largest absolute Gasteiger partial charge is 0.374 e. The highest BCUT2D eigenvalue weighted by Crippen LogP contribution is 2.21. The molecular formula is C20H24N2O. The van der Waals surface area contributed by atoms with Crippen LogP contribution in [0.1, 0.15) is 32.6 Å². The van der Waals surface area contributed by atoms with Crippen LogP contribution in [-0.4, -0.2) is 18.0 Å². The molecule has 3 rings (SSSR count). The first-order valence-corrected chi connectivity index (χ1v) is 8.45. The van der Waals surface area contributed by atoms with E-state index in [1.807, 2.05) is 37.3 Å². The van der Waals surface area contributed by atoms with E-state index >= 15 is 0 Å². The molecule has 2 aromatic rings. The van der Waals surface area contributed by atoms with Gasteiger partial charge < -0.3 is 10.6 Å². The lowest BCUT2D eigenvalue weighted by atomic mass is 10.1. The Hall–Kier alpha value is -2.29. The number of hydrogen-bond acceptors (Lipinski definition) is 2. The fraction of sp³-hybridized carbons (Fsp3) is 0.350. The first-order chi connectivity index (χ1) is 11.2. The first kappa shape index (κ1) is 15.6. The zero-order chi connectivity index (χ0) is 16.1. The molecule has 0 heterocycles. The number of anilines is 1. The fourth-order valence-electron chi connectivity index (χ4n) is 3.10. The van der Waals surface area contributed by atoms with E-state index in [0.717, 1.165) is 18.5 Å². The maximum atomic E-state index is 12.2. The molecule has 0 unspecified atom stereocenters. The highest BCUT2D eigenvalue weighted by Gasteiger charge is 2.20. The number of amides is 1. The molecule has 3 nitrogen and oxygen atoms in total. The summed E-state index contributed by atoms with van der Waals surface area (Å²) in [5, 5.41) is 6.42. The third kappa shape index (κ3) is 4.13. The number of carbonyl (C=O) groups is 1. The lowest BCUT2D eigenvalue weighted by Gasteiger charge is -2.18. The average molecular weight is 308 g/mol. The van der Waals surface area contributed by atoms with E-state index in [-0.39, 0.29) is 11.9 Å². The maximum Gasteiger partial charge on any atom is 0.242 e. The predicted octanol–water partition coefficient (Wildman–Crippen LogP) is 4.21. The number of carbonyl (C=O) groups excluding carboxylic acids is 1. The summed E-state index contributed by atoms with van der Waals surface area (Å²) in [4.78, 5) is 12.2. The molecule has 0 radical (unpaired) electrons. The van der Waals surface area contributed by atoms with Crippen LogP contribution in [0.5, 0.6) is 0 Å². The van der Waals surface area contributed by atoms with Crippen LogP contribution in [0.4, 0.5) is 5.69 Å². The van der Waals surface area contributed by atoms with Crippen molar-refractivity contribution < 1.29 is 4.79 Å². The lowest BCUT2D eigenvalue weighted by molar-refractivity contribution is -0.122. The van der Waals surface area contributed by atoms with Crippen LogP contribution < -0.4 is 10.6 Å². The molecule has 120 valence electrons. The molecule has 1 saturated carbocycles. The topological polar surface area (TPSA) is 41.1 Å². The molecule has 0 bridgehead atoms. The van der Waals surface area contributed by atoms with Crippen LogP contribution in [-0.2, 0) is 4.79 Å². The molecule has 1 aliphatic carbocycles. The Morgan fingerprint density at radius 1 is 0.957 bits per heavy atom. The standard InChI is InChI=1S/C20H24N2O/c1-15(20(23)22-18-9-5-6-10-18)21-19-13-11-17(12-14-19)16-7-3-2-4-8-16/h2-4,7-8,11-15,18,21H,5-6,9-10H2,1H3,(H,22,23)/t15-/m0/s1. The molecule has 0 spiro atoms. The Morgan fingerprint density at radius 2 is 1.57 bits per heavy atom. The van der Waals surface area contributed by atoms with Crippen LogP contribution in [0.3, 0.4) is 0 Å². The van der Waals surface area contributed by atoms with Crippen molar-refractivity contribution in [1.82, 2.24) is 5.32 Å². The molecule has 1 amide bonds. The molecular weight excluding hydrogens is 284 g/mol. The summed E-state index contributed by atoms with van der Waals surface area (Å²) < 4.78 is 0. The molecule has 0 saturated heterocycles. The number of benzene rings is 2. The lowest BCUT2D eigenvalue weighted by Crippen LogP contribution is -2.42. The molecule has 0 aliphatic heterocycles. The van der Waals surface area contributed by atoms with E-state index in [2.05, 4.69) is 34.9 Å². The second-order valence-corrected chi connectivity index (χ2v) is 6.30. The van der Waals surface area contributed by atoms with Crippen molar-refractivity contribution in [2.45, 2.75) is 44.7 Å². The summed E-state index contributed by atoms with van der Waals surface area (Å²) >= 11 is 0. The Balaban J connectivity index is 1.58. The van der Waals surface area contributed by atoms with Gasteiger partial charge in [-0.2, -0.15) is 0 Å². The minimum Gasteiger partial charge on any atom is -0.374 e. The predicted molar refractivity (Wildman–Crippen MR) is 95.4 cm³/mol. The van der Waals surface area contributed by atoms with Gasteiger partial charge in [-0.3, -0.25) is 4.79 Å². The summed E-state index contributed by atoms with van der Waals surface area (Å²) in [6, 6.07) is 18.7. The Labute approximate surface area is 138 Å². The maximum absolute atomic E-state index is 12.2. The van der Waals surface area contributed by atoms with E-state index in [1.165, 1.54) is 24.0 Å². The molecule has 2 aromatic carbocycles. The molecule has 3 heteroatoms. The van der Waals surface area contributed by atoms with Crippen LogP contribution in [0.2, 0.25) is 0 Å². The molecule has 23 heavy (non-hydrogen) atoms. The fourth-order valence-corrected chi connectivity index (χ4v) is 3.10. The second-order valence-electron chi connectivity index (χ2n) is 6.30. The van der Waals surface area contributed by atoms with Gasteiger partial charge in [0.25, 0.3) is 0 Å². The van der Waals surface area contributed by atoms with E-state index in [0.29, 0.717) is 6.04 Å². The second kappa shape index (κ2) is 7.32. The summed E-state index contributed by atoms with van der Waals surface area (Å²) in [7, 11) is 0. The van der Waals surface area contributed by atoms with Gasteiger partial charge in [-0.1, -0.05) is 55.3 Å². The van der Waals surface area contributed by atoms with Gasteiger partial charge in [0.2, 0.25) is 5.91 Å². The van der Waals surface area contributed by atoms with Crippen LogP contribution >= 0.6 is 0 Å². The number of rotatable bonds is 5. The summed E-state index contributed by atoms with van der Waals surface area (Å²) in [5.41, 5.74) is 3.35. The van der Waals surface area contributed by atoms with Crippen LogP contribution in [0.15, 0.2) is 54.6 Å². The Bertz CT molecular complexity index is 630. The van der Waals surface area contributed by atoms with Crippen molar-refractivity contribution in [2.75, 3.05) is 5.32 Å². The van der Waals surface area contributed by atoms with Crippen molar-refractivity contribution in [2.24, 2.45) is 0 Å². The molecule has 1 fully saturated rings. The third-order valence-corrected chi connectivity index (χ3v) is 4.47. The highest BCUT2D eigenvalue weighted by molar-refractivity contribution is 5.84. The van der Waals surface area contributed by atoms with Crippen LogP contribution in [0.25, 0.3) is 11.1 Å². The van der Waals surface area contributed by atoms with E-state index in [9.17, 15) is 4.79 Å². The van der Waals surface area contributed by atoms with Gasteiger partial charge in [0.15, 0.2) is 0 Å². The molecule has 1 atom stereocenters. The van der Waals surface area contributed by atoms with Gasteiger partial charge in [0, 0.05) is 11.7 Å². The minimum atomic E-state index is -0.224. The van der Waals surface area contributed by atoms with E-state index < -0.39 is 0 Å². The monoisotopic (exact) mass is 308 g/mol. The van der Waals surface area contributed by atoms with E-state index in [1.54, 1.807) is 0 Å². The summed E-state index contributed by atoms with van der Waals surface area (Å²) in [5.74, 6) is 0.0871. The molecule has 1 aliphatic rings. The normalized spacial score (nSPS) is 16.0. The molecule has 0 aromatic heterocycles. The van der Waals surface area contributed by atoms with Gasteiger partial charge in [0.1, 0.15) is 6.04 Å². The smallest absolute Gasteiger partial charge is 0.242 e. The van der Waals surface area contributed by atoms with Crippen LogP contribution in [0, 0.1) is 0 Å². The zero-order valence-electron chi connectivity index (χ0n) is 13.6. The Kier molecular flexibility index (Phi) is 4.96. The van der Waals surface area contributed by atoms with Gasteiger partial charge in [-0.15, -0.1) is 0 Å². The van der Waals surface area contributed by atoms with Gasteiger partial charge in [0.05, 0.1) is 0 Å². The summed E-state index contributed by atoms with van der Waals surface area (Å²) in [6.07, 6.45) is 4.69. The molecule has 2 N–H and O–H groups in total. The van der Waals surface area contributed by atoms with Gasteiger partial charge in [-0.25, -0.2) is 0 Å². The third-order valence-electron chi connectivity index (χ3n) is 4.47. The highest BCUT2D eigenvalue weighted by atomic mass is 16.2. The minimum absolute atomic E-state index is 0.0871. The SMILES string of the molecule is C[C@H](Nc1ccc(-c2ccccc2)cc1)C(=O)NC1CCCC1. The van der Waals surface area contributed by atoms with Crippen molar-refractivity contribution in [3.05, 3.63) is 54.6 Å². The number of hydrogen-bond donors (Lipinski definition) is 2. The summed E-state index contributed by atoms with van der Waals surface area (Å²) in [6.45, 7) is 1.91. The van der Waals surface area contributed by atoms with Gasteiger partial charge >= 0.3 is 0 Å².